The SMILES string of the molecule is CCCC1CCC(N2CCCN(c3nc4c(C(N)=O)cccc4[nH]3)CC2)CC1. The number of primary amides is 1. The zero-order chi connectivity index (χ0) is 19.5. The van der Waals surface area contributed by atoms with Crippen molar-refractivity contribution in [1.29, 1.82) is 0 Å². The topological polar surface area (TPSA) is 78.2 Å². The molecule has 0 spiro atoms. The average molecular weight is 384 g/mol. The molecule has 152 valence electrons. The second-order valence-corrected chi connectivity index (χ2v) is 8.47. The van der Waals surface area contributed by atoms with Gasteiger partial charge in [0.15, 0.2) is 0 Å². The molecule has 4 rings (SSSR count). The van der Waals surface area contributed by atoms with Crippen LogP contribution in [0.5, 0.6) is 0 Å². The predicted molar refractivity (Wildman–Crippen MR) is 114 cm³/mol. The van der Waals surface area contributed by atoms with E-state index in [1.165, 1.54) is 45.1 Å². The fourth-order valence-corrected chi connectivity index (χ4v) is 5.09. The molecule has 2 aliphatic rings. The third-order valence-corrected chi connectivity index (χ3v) is 6.63. The molecule has 1 saturated heterocycles. The molecule has 1 saturated carbocycles. The number of nitrogens with one attached hydrogen (secondary N) is 1. The van der Waals surface area contributed by atoms with Crippen LogP contribution in [0.3, 0.4) is 0 Å². The van der Waals surface area contributed by atoms with Gasteiger partial charge in [0.2, 0.25) is 5.95 Å². The van der Waals surface area contributed by atoms with Crippen molar-refractivity contribution in [1.82, 2.24) is 14.9 Å². The van der Waals surface area contributed by atoms with Gasteiger partial charge < -0.3 is 15.6 Å². The Balaban J connectivity index is 1.41. The Bertz CT molecular complexity index is 808. The maximum Gasteiger partial charge on any atom is 0.250 e. The molecule has 2 heterocycles. The number of hydrogen-bond acceptors (Lipinski definition) is 4. The molecular formula is C22H33N5O. The molecule has 28 heavy (non-hydrogen) atoms. The van der Waals surface area contributed by atoms with Crippen molar-refractivity contribution in [2.75, 3.05) is 31.1 Å². The van der Waals surface area contributed by atoms with Gasteiger partial charge in [-0.2, -0.15) is 0 Å². The lowest BCUT2D eigenvalue weighted by atomic mass is 9.83. The molecule has 0 unspecified atom stereocenters. The minimum atomic E-state index is -0.427. The molecule has 6 nitrogen and oxygen atoms in total. The maximum atomic E-state index is 11.7. The van der Waals surface area contributed by atoms with Crippen molar-refractivity contribution in [2.45, 2.75) is 57.9 Å². The van der Waals surface area contributed by atoms with Gasteiger partial charge in [-0.1, -0.05) is 25.8 Å². The van der Waals surface area contributed by atoms with E-state index >= 15 is 0 Å². The quantitative estimate of drug-likeness (QED) is 0.828. The average Bonchev–Trinajstić information content (AvgIpc) is 2.98. The monoisotopic (exact) mass is 383 g/mol. The summed E-state index contributed by atoms with van der Waals surface area (Å²) < 4.78 is 0. The lowest BCUT2D eigenvalue weighted by Gasteiger charge is -2.36. The number of amides is 1. The summed E-state index contributed by atoms with van der Waals surface area (Å²) in [6.45, 7) is 6.53. The van der Waals surface area contributed by atoms with Crippen molar-refractivity contribution in [3.63, 3.8) is 0 Å². The Hall–Kier alpha value is -2.08. The number of carbonyl (C=O) groups excluding carboxylic acids is 1. The minimum Gasteiger partial charge on any atom is -0.366 e. The molecule has 2 aromatic rings. The Morgan fingerprint density at radius 3 is 2.75 bits per heavy atom. The summed E-state index contributed by atoms with van der Waals surface area (Å²) in [7, 11) is 0. The highest BCUT2D eigenvalue weighted by atomic mass is 16.1. The first-order valence-corrected chi connectivity index (χ1v) is 10.9. The van der Waals surface area contributed by atoms with Crippen LogP contribution >= 0.6 is 0 Å². The van der Waals surface area contributed by atoms with Crippen LogP contribution in [0.1, 0.15) is 62.2 Å². The summed E-state index contributed by atoms with van der Waals surface area (Å²) in [6.07, 6.45) is 9.39. The molecule has 1 aliphatic heterocycles. The standard InChI is InChI=1S/C22H33N5O/c1-2-5-16-8-10-17(11-9-16)26-12-4-13-27(15-14-26)22-24-19-7-3-6-18(21(23)28)20(19)25-22/h3,6-7,16-17H,2,4-5,8-15H2,1H3,(H2,23,28)(H,24,25). The normalized spacial score (nSPS) is 24.4. The lowest BCUT2D eigenvalue weighted by molar-refractivity contribution is 0.100. The number of imidazole rings is 1. The highest BCUT2D eigenvalue weighted by Crippen LogP contribution is 2.31. The molecule has 0 atom stereocenters. The second-order valence-electron chi connectivity index (χ2n) is 8.47. The fourth-order valence-electron chi connectivity index (χ4n) is 5.09. The van der Waals surface area contributed by atoms with E-state index in [2.05, 4.69) is 21.7 Å². The zero-order valence-corrected chi connectivity index (χ0v) is 17.0. The summed E-state index contributed by atoms with van der Waals surface area (Å²) in [4.78, 5) is 24.8. The van der Waals surface area contributed by atoms with Crippen LogP contribution in [-0.2, 0) is 0 Å². The first-order valence-electron chi connectivity index (χ1n) is 10.9. The van der Waals surface area contributed by atoms with Crippen molar-refractivity contribution in [2.24, 2.45) is 11.7 Å². The predicted octanol–water partition coefficient (Wildman–Crippen LogP) is 3.53. The first-order chi connectivity index (χ1) is 13.7. The number of H-pyrrole nitrogens is 1. The summed E-state index contributed by atoms with van der Waals surface area (Å²) in [5.74, 6) is 1.39. The molecule has 2 fully saturated rings. The molecule has 1 aliphatic carbocycles. The van der Waals surface area contributed by atoms with Crippen LogP contribution in [0.25, 0.3) is 11.0 Å². The van der Waals surface area contributed by atoms with E-state index in [4.69, 9.17) is 10.7 Å². The van der Waals surface area contributed by atoms with Crippen LogP contribution < -0.4 is 10.6 Å². The van der Waals surface area contributed by atoms with Crippen molar-refractivity contribution < 1.29 is 4.79 Å². The number of fused-ring (bicyclic) bond motifs is 1. The molecule has 6 heteroatoms. The van der Waals surface area contributed by atoms with Gasteiger partial charge in [0.1, 0.15) is 5.52 Å². The molecule has 3 N–H and O–H groups in total. The number of benzene rings is 1. The Morgan fingerprint density at radius 1 is 1.18 bits per heavy atom. The number of hydrogen-bond donors (Lipinski definition) is 2. The van der Waals surface area contributed by atoms with E-state index in [1.54, 1.807) is 6.07 Å². The molecular weight excluding hydrogens is 350 g/mol. The third-order valence-electron chi connectivity index (χ3n) is 6.63. The number of aromatic nitrogens is 2. The Morgan fingerprint density at radius 2 is 2.00 bits per heavy atom. The van der Waals surface area contributed by atoms with Crippen LogP contribution in [0.15, 0.2) is 18.2 Å². The first kappa shape index (κ1) is 19.2. The number of anilines is 1. The number of rotatable bonds is 5. The summed E-state index contributed by atoms with van der Waals surface area (Å²) in [5, 5.41) is 0. The molecule has 1 aromatic heterocycles. The largest absolute Gasteiger partial charge is 0.366 e. The van der Waals surface area contributed by atoms with Gasteiger partial charge in [0.25, 0.3) is 5.91 Å². The third kappa shape index (κ3) is 4.02. The van der Waals surface area contributed by atoms with Gasteiger partial charge in [-0.05, 0) is 50.2 Å². The van der Waals surface area contributed by atoms with Gasteiger partial charge >= 0.3 is 0 Å². The van der Waals surface area contributed by atoms with Gasteiger partial charge in [-0.25, -0.2) is 4.98 Å². The van der Waals surface area contributed by atoms with Crippen molar-refractivity contribution in [3.8, 4) is 0 Å². The van der Waals surface area contributed by atoms with E-state index in [9.17, 15) is 4.79 Å². The minimum absolute atomic E-state index is 0.427. The van der Waals surface area contributed by atoms with Gasteiger partial charge in [0, 0.05) is 32.2 Å². The highest BCUT2D eigenvalue weighted by molar-refractivity contribution is 6.04. The van der Waals surface area contributed by atoms with Gasteiger partial charge in [0.05, 0.1) is 11.1 Å². The highest BCUT2D eigenvalue weighted by Gasteiger charge is 2.27. The van der Waals surface area contributed by atoms with Gasteiger partial charge in [-0.3, -0.25) is 9.69 Å². The number of carbonyl (C=O) groups is 1. The van der Waals surface area contributed by atoms with E-state index < -0.39 is 5.91 Å². The van der Waals surface area contributed by atoms with E-state index in [1.807, 2.05) is 12.1 Å². The number of aromatic amines is 1. The van der Waals surface area contributed by atoms with Crippen LogP contribution in [0, 0.1) is 5.92 Å². The summed E-state index contributed by atoms with van der Waals surface area (Å²) in [5.41, 5.74) is 7.55. The summed E-state index contributed by atoms with van der Waals surface area (Å²) in [6, 6.07) is 6.31. The zero-order valence-electron chi connectivity index (χ0n) is 17.0. The van der Waals surface area contributed by atoms with E-state index in [-0.39, 0.29) is 0 Å². The molecule has 0 bridgehead atoms. The molecule has 1 aromatic carbocycles. The number of nitrogens with two attached hydrogens (primary N) is 1. The second kappa shape index (κ2) is 8.52. The molecule has 0 radical (unpaired) electrons. The summed E-state index contributed by atoms with van der Waals surface area (Å²) >= 11 is 0. The van der Waals surface area contributed by atoms with Gasteiger partial charge in [-0.15, -0.1) is 0 Å². The smallest absolute Gasteiger partial charge is 0.250 e. The fraction of sp³-hybridized carbons (Fsp3) is 0.636. The lowest BCUT2D eigenvalue weighted by Crippen LogP contribution is -2.40. The van der Waals surface area contributed by atoms with E-state index in [0.29, 0.717) is 11.1 Å². The molecule has 1 amide bonds. The Kier molecular flexibility index (Phi) is 5.85. The Labute approximate surface area is 167 Å². The van der Waals surface area contributed by atoms with E-state index in [0.717, 1.165) is 49.5 Å². The number of nitrogens with zero attached hydrogens (tertiary/aromatic N) is 3. The van der Waals surface area contributed by atoms with Crippen LogP contribution in [0.2, 0.25) is 0 Å². The number of para-hydroxylation sites is 1. The van der Waals surface area contributed by atoms with Crippen LogP contribution in [-0.4, -0.2) is 53.0 Å². The van der Waals surface area contributed by atoms with Crippen molar-refractivity contribution >= 4 is 22.9 Å². The van der Waals surface area contributed by atoms with Crippen molar-refractivity contribution in [3.05, 3.63) is 23.8 Å². The van der Waals surface area contributed by atoms with Crippen LogP contribution in [0.4, 0.5) is 5.95 Å². The maximum absolute atomic E-state index is 11.7.